The van der Waals surface area contributed by atoms with Crippen LogP contribution >= 0.6 is 0 Å². The van der Waals surface area contributed by atoms with Gasteiger partial charge in [0.1, 0.15) is 0 Å². The average Bonchev–Trinajstić information content (AvgIpc) is 2.31. The van der Waals surface area contributed by atoms with Crippen LogP contribution in [-0.4, -0.2) is 26.0 Å². The number of hydrogen-bond donors (Lipinski definition) is 1. The molecule has 2 N–H and O–H groups in total. The summed E-state index contributed by atoms with van der Waals surface area (Å²) in [5.41, 5.74) is 5.28. The Balaban J connectivity index is 2.57. The summed E-state index contributed by atoms with van der Waals surface area (Å²) in [6, 6.07) is 0. The van der Waals surface area contributed by atoms with E-state index in [9.17, 15) is 8.42 Å². The van der Waals surface area contributed by atoms with Crippen molar-refractivity contribution in [1.29, 1.82) is 0 Å². The Morgan fingerprint density at radius 1 is 1.08 bits per heavy atom. The molecule has 0 saturated heterocycles. The Labute approximate surface area is 80.6 Å². The second kappa shape index (κ2) is 4.96. The largest absolute Gasteiger partial charge is 0.329 e. The molecule has 0 heterocycles. The summed E-state index contributed by atoms with van der Waals surface area (Å²) < 4.78 is 23.3. The van der Waals surface area contributed by atoms with E-state index in [-0.39, 0.29) is 17.5 Å². The molecule has 0 radical (unpaired) electrons. The monoisotopic (exact) mass is 205 g/mol. The van der Waals surface area contributed by atoms with Gasteiger partial charge >= 0.3 is 0 Å². The van der Waals surface area contributed by atoms with Crippen LogP contribution in [0.25, 0.3) is 0 Å². The van der Waals surface area contributed by atoms with Gasteiger partial charge in [0.2, 0.25) is 0 Å². The van der Waals surface area contributed by atoms with Crippen molar-refractivity contribution in [3.8, 4) is 0 Å². The van der Waals surface area contributed by atoms with E-state index in [2.05, 4.69) is 0 Å². The molecule has 13 heavy (non-hydrogen) atoms. The summed E-state index contributed by atoms with van der Waals surface area (Å²) in [5.74, 6) is 0.164. The van der Waals surface area contributed by atoms with Crippen molar-refractivity contribution < 1.29 is 8.42 Å². The van der Waals surface area contributed by atoms with Crippen molar-refractivity contribution in [3.05, 3.63) is 0 Å². The van der Waals surface area contributed by atoms with E-state index >= 15 is 0 Å². The zero-order chi connectivity index (χ0) is 9.73. The van der Waals surface area contributed by atoms with E-state index < -0.39 is 9.84 Å². The van der Waals surface area contributed by atoms with Gasteiger partial charge in [-0.05, 0) is 12.8 Å². The van der Waals surface area contributed by atoms with Crippen LogP contribution in [0.15, 0.2) is 0 Å². The molecule has 0 aliphatic heterocycles. The van der Waals surface area contributed by atoms with E-state index in [0.29, 0.717) is 0 Å². The lowest BCUT2D eigenvalue weighted by Crippen LogP contribution is -2.27. The summed E-state index contributed by atoms with van der Waals surface area (Å²) in [5, 5.41) is -0.0986. The highest BCUT2D eigenvalue weighted by molar-refractivity contribution is 7.92. The van der Waals surface area contributed by atoms with Gasteiger partial charge in [0.25, 0.3) is 0 Å². The normalized spacial score (nSPS) is 21.3. The Morgan fingerprint density at radius 2 is 1.62 bits per heavy atom. The third-order valence-electron chi connectivity index (χ3n) is 2.71. The summed E-state index contributed by atoms with van der Waals surface area (Å²) in [6.45, 7) is 0.263. The molecule has 78 valence electrons. The molecule has 0 aromatic heterocycles. The van der Waals surface area contributed by atoms with Crippen molar-refractivity contribution >= 4 is 9.84 Å². The van der Waals surface area contributed by atoms with Gasteiger partial charge in [0.15, 0.2) is 9.84 Å². The molecular weight excluding hydrogens is 186 g/mol. The fourth-order valence-corrected chi connectivity index (χ4v) is 3.65. The molecule has 1 fully saturated rings. The molecule has 0 atom stereocenters. The van der Waals surface area contributed by atoms with Crippen LogP contribution in [0.2, 0.25) is 0 Å². The molecule has 1 aliphatic carbocycles. The molecule has 0 aromatic carbocycles. The van der Waals surface area contributed by atoms with Gasteiger partial charge < -0.3 is 5.73 Å². The van der Waals surface area contributed by atoms with E-state index in [1.807, 2.05) is 0 Å². The lowest BCUT2D eigenvalue weighted by atomic mass is 10.2. The Kier molecular flexibility index (Phi) is 4.19. The molecule has 0 spiro atoms. The van der Waals surface area contributed by atoms with Gasteiger partial charge in [-0.25, -0.2) is 8.42 Å². The number of sulfone groups is 1. The third-order valence-corrected chi connectivity index (χ3v) is 5.00. The van der Waals surface area contributed by atoms with Crippen molar-refractivity contribution in [2.75, 3.05) is 12.3 Å². The lowest BCUT2D eigenvalue weighted by molar-refractivity contribution is 0.563. The molecule has 1 saturated carbocycles. The van der Waals surface area contributed by atoms with Gasteiger partial charge in [-0.2, -0.15) is 0 Å². The van der Waals surface area contributed by atoms with Crippen molar-refractivity contribution in [3.63, 3.8) is 0 Å². The fraction of sp³-hybridized carbons (Fsp3) is 1.00. The van der Waals surface area contributed by atoms with E-state index in [1.54, 1.807) is 0 Å². The first kappa shape index (κ1) is 11.0. The maximum absolute atomic E-state index is 11.7. The molecular formula is C9H19NO2S. The van der Waals surface area contributed by atoms with Crippen molar-refractivity contribution in [1.82, 2.24) is 0 Å². The summed E-state index contributed by atoms with van der Waals surface area (Å²) >= 11 is 0. The molecule has 1 rings (SSSR count). The third kappa shape index (κ3) is 3.27. The van der Waals surface area contributed by atoms with Crippen LogP contribution in [0, 0.1) is 0 Å². The predicted octanol–water partition coefficient (Wildman–Crippen LogP) is 1.08. The summed E-state index contributed by atoms with van der Waals surface area (Å²) in [7, 11) is -2.88. The van der Waals surface area contributed by atoms with E-state index in [0.717, 1.165) is 25.7 Å². The Bertz CT molecular complexity index is 228. The molecule has 0 amide bonds. The zero-order valence-corrected chi connectivity index (χ0v) is 8.85. The molecule has 0 unspecified atom stereocenters. The SMILES string of the molecule is NCCS(=O)(=O)C1CCCCCC1. The molecule has 0 aromatic rings. The van der Waals surface area contributed by atoms with Gasteiger partial charge in [-0.1, -0.05) is 25.7 Å². The van der Waals surface area contributed by atoms with E-state index in [1.165, 1.54) is 12.8 Å². The molecule has 4 heteroatoms. The Morgan fingerprint density at radius 3 is 2.08 bits per heavy atom. The smallest absolute Gasteiger partial charge is 0.154 e. The van der Waals surface area contributed by atoms with Gasteiger partial charge in [-0.3, -0.25) is 0 Å². The van der Waals surface area contributed by atoms with Gasteiger partial charge in [0.05, 0.1) is 11.0 Å². The van der Waals surface area contributed by atoms with Crippen LogP contribution in [0.4, 0.5) is 0 Å². The maximum Gasteiger partial charge on any atom is 0.154 e. The van der Waals surface area contributed by atoms with Crippen LogP contribution in [0.5, 0.6) is 0 Å². The highest BCUT2D eigenvalue weighted by Crippen LogP contribution is 2.23. The lowest BCUT2D eigenvalue weighted by Gasteiger charge is -2.13. The highest BCUT2D eigenvalue weighted by atomic mass is 32.2. The number of nitrogens with two attached hydrogens (primary N) is 1. The topological polar surface area (TPSA) is 60.2 Å². The summed E-state index contributed by atoms with van der Waals surface area (Å²) in [4.78, 5) is 0. The Hall–Kier alpha value is -0.0900. The first-order valence-electron chi connectivity index (χ1n) is 5.08. The number of hydrogen-bond acceptors (Lipinski definition) is 3. The van der Waals surface area contributed by atoms with Crippen LogP contribution < -0.4 is 5.73 Å². The van der Waals surface area contributed by atoms with Gasteiger partial charge in [-0.15, -0.1) is 0 Å². The standard InChI is InChI=1S/C9H19NO2S/c10-7-8-13(11,12)9-5-3-1-2-4-6-9/h9H,1-8,10H2. The average molecular weight is 205 g/mol. The molecule has 1 aliphatic rings. The minimum Gasteiger partial charge on any atom is -0.329 e. The maximum atomic E-state index is 11.7. The zero-order valence-electron chi connectivity index (χ0n) is 8.04. The highest BCUT2D eigenvalue weighted by Gasteiger charge is 2.24. The van der Waals surface area contributed by atoms with Crippen LogP contribution in [0.1, 0.15) is 38.5 Å². The second-order valence-electron chi connectivity index (χ2n) is 3.77. The molecule has 0 bridgehead atoms. The van der Waals surface area contributed by atoms with Crippen LogP contribution in [0.3, 0.4) is 0 Å². The van der Waals surface area contributed by atoms with E-state index in [4.69, 9.17) is 5.73 Å². The molecule has 3 nitrogen and oxygen atoms in total. The fourth-order valence-electron chi connectivity index (χ4n) is 1.93. The second-order valence-corrected chi connectivity index (χ2v) is 6.17. The number of rotatable bonds is 3. The van der Waals surface area contributed by atoms with Crippen molar-refractivity contribution in [2.24, 2.45) is 5.73 Å². The van der Waals surface area contributed by atoms with Crippen LogP contribution in [-0.2, 0) is 9.84 Å². The first-order chi connectivity index (χ1) is 6.17. The van der Waals surface area contributed by atoms with Gasteiger partial charge in [0, 0.05) is 6.54 Å². The minimum atomic E-state index is -2.88. The first-order valence-corrected chi connectivity index (χ1v) is 6.80. The summed E-state index contributed by atoms with van der Waals surface area (Å²) in [6.07, 6.45) is 6.21. The predicted molar refractivity (Wildman–Crippen MR) is 54.3 cm³/mol. The quantitative estimate of drug-likeness (QED) is 0.701. The minimum absolute atomic E-state index is 0.0986. The van der Waals surface area contributed by atoms with Crippen molar-refractivity contribution in [2.45, 2.75) is 43.8 Å².